The first-order valence-electron chi connectivity index (χ1n) is 40.9. The molecule has 0 aliphatic carbocycles. The van der Waals surface area contributed by atoms with E-state index < -0.39 is 345 Å². The summed E-state index contributed by atoms with van der Waals surface area (Å²) in [5.74, 6) is -3.68. The van der Waals surface area contributed by atoms with Gasteiger partial charge in [0.15, 0.2) is 62.9 Å². The van der Waals surface area contributed by atoms with Crippen LogP contribution in [-0.4, -0.2) is 442 Å². The summed E-state index contributed by atoms with van der Waals surface area (Å²) < 4.78 is 134. The van der Waals surface area contributed by atoms with Gasteiger partial charge in [0.05, 0.1) is 81.9 Å². The Morgan fingerprint density at radius 2 is 0.636 bits per heavy atom. The van der Waals surface area contributed by atoms with Crippen LogP contribution in [0.5, 0.6) is 0 Å². The Labute approximate surface area is 696 Å². The number of benzene rings is 1. The van der Waals surface area contributed by atoms with Gasteiger partial charge in [0.1, 0.15) is 183 Å². The Balaban J connectivity index is 0.947. The molecule has 10 aliphatic rings. The molecule has 1 aromatic carbocycles. The number of aliphatic hydroxyl groups is 20. The molecule has 1 aromatic rings. The molecular weight excluding hydrogens is 1630 g/mol. The van der Waals surface area contributed by atoms with Crippen molar-refractivity contribution in [3.8, 4) is 0 Å². The van der Waals surface area contributed by atoms with E-state index >= 15 is 0 Å². The first kappa shape index (κ1) is 98.1. The fraction of sp³-hybridized carbons (Fsp3) is 0.895. The molecule has 0 spiro atoms. The maximum Gasteiger partial charge on any atom is 0.217 e. The Kier molecular flexibility index (Phi) is 34.7. The molecule has 50 atom stereocenters. The van der Waals surface area contributed by atoms with Crippen molar-refractivity contribution in [1.29, 1.82) is 0 Å². The molecular formula is C76H124N2O43. The van der Waals surface area contributed by atoms with Gasteiger partial charge in [0.2, 0.25) is 11.8 Å². The average Bonchev–Trinajstić information content (AvgIpc) is 0.739. The zero-order chi connectivity index (χ0) is 88.3. The molecule has 0 aromatic heterocycles. The standard InChI is InChI=1S/C76H124N2O43/c1-12-18-101-67-24(2)57(43(87)28(6)103-67)113-73-63(53(97)41(85)26(4)104-73)118-76-66(62(45(89)30(8)107-76)117-72-56(100)52(96)48(92)37(21-81)112-72)121-70-40(78-33(11)84)60(49(93)38(22-82)110-70)115-68-25(3)58(59(31(9)108-68)102-23-34-16-14-13-15-17-34)114-74-64(54(98)42(86)27(5)105-74)119-75-65(120-69-39(77-32(10)83)50(94)46(90)35(19-79)109-69)61(44(88)29(7)106-75)116-71-55(99)51(95)47(91)36(20-80)111-71/h13-17,24-31,35-76,79-82,85-100H,12,18-23H2,1-11H3,(H,77,83)(H,78,84)/t24?,25?,26?,27?,28?,29?,30?,31?,35?,36-,37-,38?,39?,40?,41+,42+,43+,44+,45+,46+,47-,48-,49+,50-,51?,52?,53-,54-,55?,56?,57+,58+,59+,60-,61-,62-,63?,64?,65?,66?,67-,68+,69+,70+,71-,72-,73+,74+,75+,76+/m1/s1. The molecule has 2 amide bonds. The highest BCUT2D eigenvalue weighted by atomic mass is 16.8. The zero-order valence-electron chi connectivity index (χ0n) is 68.5. The minimum Gasteiger partial charge on any atom is -0.394 e. The molecule has 10 fully saturated rings. The third kappa shape index (κ3) is 21.7. The van der Waals surface area contributed by atoms with Crippen LogP contribution in [0.15, 0.2) is 30.3 Å². The highest BCUT2D eigenvalue weighted by Crippen LogP contribution is 2.44. The quantitative estimate of drug-likeness (QED) is 0.0340. The largest absolute Gasteiger partial charge is 0.394 e. The van der Waals surface area contributed by atoms with Crippen molar-refractivity contribution in [2.75, 3.05) is 33.0 Å². The van der Waals surface area contributed by atoms with E-state index in [9.17, 15) is 112 Å². The number of hydrogen-bond donors (Lipinski definition) is 22. The Morgan fingerprint density at radius 3 is 1.08 bits per heavy atom. The molecule has 10 saturated heterocycles. The average molecular weight is 1750 g/mol. The van der Waals surface area contributed by atoms with E-state index in [0.717, 1.165) is 13.8 Å². The van der Waals surface area contributed by atoms with Crippen LogP contribution >= 0.6 is 0 Å². The van der Waals surface area contributed by atoms with E-state index in [0.29, 0.717) is 12.0 Å². The summed E-state index contributed by atoms with van der Waals surface area (Å²) in [6.45, 7) is 11.9. The normalized spacial score (nSPS) is 50.1. The van der Waals surface area contributed by atoms with Crippen molar-refractivity contribution in [2.24, 2.45) is 11.8 Å². The van der Waals surface area contributed by atoms with Crippen LogP contribution in [0.4, 0.5) is 0 Å². The molecule has 0 saturated carbocycles. The number of hydrogen-bond acceptors (Lipinski definition) is 43. The number of aliphatic hydroxyl groups excluding tert-OH is 20. The van der Waals surface area contributed by atoms with Crippen LogP contribution in [0.2, 0.25) is 0 Å². The van der Waals surface area contributed by atoms with Gasteiger partial charge < -0.3 is 212 Å². The Hall–Kier alpha value is -3.48. The molecule has 0 radical (unpaired) electrons. The summed E-state index contributed by atoms with van der Waals surface area (Å²) >= 11 is 0. The minimum atomic E-state index is -2.15. The van der Waals surface area contributed by atoms with E-state index in [4.69, 9.17) is 99.5 Å². The van der Waals surface area contributed by atoms with Crippen molar-refractivity contribution >= 4 is 11.8 Å². The van der Waals surface area contributed by atoms with Gasteiger partial charge in [-0.15, -0.1) is 0 Å². The molecule has 45 heteroatoms. The molecule has 0 bridgehead atoms. The van der Waals surface area contributed by atoms with Crippen LogP contribution in [-0.2, 0) is 116 Å². The van der Waals surface area contributed by atoms with E-state index in [-0.39, 0.29) is 13.2 Å². The SMILES string of the molecule is CCCO[C@@H]1OC(C)[C@H](O)[C@@H](O[C@@H]2OC(C)[C@H](O)[C@@H](O)C2O[C@@H]2OC(C)[C@H](O)[C@@H](O[C@H]3O[C@H](CO)[C@@H](O)C(O)C3O)C2O[C@@H]2OC(CO)[C@H](O)[C@H](O[C@@H]3OC(C)[C@H](OCc4ccccc4)[C@@H](O[C@@H]4OC(C)[C@H](O)[C@@H](O)C4O[C@@H]4OC(C)[C@H](O)[C@@H](O[C@H]5O[C@H](CO)[C@@H](O)C(O)C5O)C4O[C@@H]4OC(CO)[C@H](O)[C@H](O)C4NC(C)=O)C3C)C2NC(C)=O)C1C. The molecule has 22 N–H and O–H groups in total. The molecule has 10 heterocycles. The van der Waals surface area contributed by atoms with Crippen molar-refractivity contribution in [3.63, 3.8) is 0 Å². The smallest absolute Gasteiger partial charge is 0.217 e. The van der Waals surface area contributed by atoms with Gasteiger partial charge in [-0.2, -0.15) is 0 Å². The van der Waals surface area contributed by atoms with Gasteiger partial charge in [-0.1, -0.05) is 51.1 Å². The minimum absolute atomic E-state index is 0.144. The Morgan fingerprint density at radius 1 is 0.298 bits per heavy atom. The fourth-order valence-electron chi connectivity index (χ4n) is 16.6. The number of carbonyl (C=O) groups is 2. The molecule has 11 rings (SSSR count). The fourth-order valence-corrected chi connectivity index (χ4v) is 16.6. The van der Waals surface area contributed by atoms with Gasteiger partial charge in [0, 0.05) is 32.3 Å². The molecule has 10 aliphatic heterocycles. The highest BCUT2D eigenvalue weighted by Gasteiger charge is 2.62. The number of nitrogens with one attached hydrogen (secondary N) is 2. The lowest BCUT2D eigenvalue weighted by atomic mass is 9.90. The molecule has 20 unspecified atom stereocenters. The lowest BCUT2D eigenvalue weighted by Gasteiger charge is -2.52. The first-order valence-corrected chi connectivity index (χ1v) is 40.9. The van der Waals surface area contributed by atoms with Crippen LogP contribution in [0.3, 0.4) is 0 Å². The van der Waals surface area contributed by atoms with Crippen LogP contribution in [0.1, 0.15) is 88.1 Å². The lowest BCUT2D eigenvalue weighted by molar-refractivity contribution is -0.412. The zero-order valence-corrected chi connectivity index (χ0v) is 68.5. The second-order valence-corrected chi connectivity index (χ2v) is 32.7. The highest BCUT2D eigenvalue weighted by molar-refractivity contribution is 5.73. The van der Waals surface area contributed by atoms with Crippen molar-refractivity contribution < 1.29 is 211 Å². The summed E-state index contributed by atoms with van der Waals surface area (Å²) in [5, 5.41) is 233. The summed E-state index contributed by atoms with van der Waals surface area (Å²) in [7, 11) is 0. The number of amides is 2. The second kappa shape index (κ2) is 42.8. The van der Waals surface area contributed by atoms with Crippen LogP contribution < -0.4 is 10.6 Å². The summed E-state index contributed by atoms with van der Waals surface area (Å²) in [5.41, 5.74) is 0.631. The van der Waals surface area contributed by atoms with Gasteiger partial charge in [-0.05, 0) is 53.5 Å². The van der Waals surface area contributed by atoms with E-state index in [1.807, 2.05) is 6.92 Å². The van der Waals surface area contributed by atoms with Crippen LogP contribution in [0, 0.1) is 11.8 Å². The molecule has 45 nitrogen and oxygen atoms in total. The number of ether oxygens (including phenoxy) is 21. The summed E-state index contributed by atoms with van der Waals surface area (Å²) in [4.78, 5) is 26.7. The third-order valence-corrected chi connectivity index (χ3v) is 23.8. The lowest BCUT2D eigenvalue weighted by Crippen LogP contribution is -2.70. The van der Waals surface area contributed by atoms with Gasteiger partial charge in [-0.3, -0.25) is 9.59 Å². The maximum absolute atomic E-state index is 13.9. The van der Waals surface area contributed by atoms with Crippen molar-refractivity contribution in [1.82, 2.24) is 10.6 Å². The Bertz CT molecular complexity index is 3340. The topological polar surface area (TPSA) is 657 Å². The van der Waals surface area contributed by atoms with Crippen LogP contribution in [0.25, 0.3) is 0 Å². The first-order chi connectivity index (χ1) is 57.4. The second-order valence-electron chi connectivity index (χ2n) is 32.7. The van der Waals surface area contributed by atoms with E-state index in [1.54, 1.807) is 51.1 Å². The van der Waals surface area contributed by atoms with Crippen molar-refractivity contribution in [2.45, 2.75) is 384 Å². The van der Waals surface area contributed by atoms with E-state index in [2.05, 4.69) is 10.6 Å². The van der Waals surface area contributed by atoms with Gasteiger partial charge in [-0.25, -0.2) is 0 Å². The summed E-state index contributed by atoms with van der Waals surface area (Å²) in [6.07, 6.45) is -81.0. The third-order valence-electron chi connectivity index (χ3n) is 23.8. The predicted molar refractivity (Wildman–Crippen MR) is 394 cm³/mol. The van der Waals surface area contributed by atoms with Gasteiger partial charge >= 0.3 is 0 Å². The number of carbonyl (C=O) groups excluding carboxylic acids is 2. The number of rotatable bonds is 30. The predicted octanol–water partition coefficient (Wildman–Crippen LogP) is -10.1. The summed E-state index contributed by atoms with van der Waals surface area (Å²) in [6, 6.07) is 5.17. The molecule has 121 heavy (non-hydrogen) atoms. The maximum atomic E-state index is 13.9. The monoisotopic (exact) mass is 1750 g/mol. The van der Waals surface area contributed by atoms with E-state index in [1.165, 1.54) is 34.6 Å². The molecule has 696 valence electrons. The van der Waals surface area contributed by atoms with Crippen molar-refractivity contribution in [3.05, 3.63) is 35.9 Å². The van der Waals surface area contributed by atoms with Gasteiger partial charge in [0.25, 0.3) is 0 Å².